The Balaban J connectivity index is 0. The quantitative estimate of drug-likeness (QED) is 0.298. The number of rotatable bonds is 8. The van der Waals surface area contributed by atoms with Crippen LogP contribution in [-0.2, 0) is 9.47 Å². The molecule has 16 heavy (non-hydrogen) atoms. The molecule has 0 heterocycles. The number of nitrogens with one attached hydrogen (secondary N) is 1. The first-order chi connectivity index (χ1) is 7.16. The third-order valence-electron chi connectivity index (χ3n) is 1.60. The van der Waals surface area contributed by atoms with Crippen LogP contribution in [0.1, 0.15) is 20.3 Å². The van der Waals surface area contributed by atoms with E-state index in [0.29, 0.717) is 38.4 Å². The first-order valence-electron chi connectivity index (χ1n) is 5.30. The van der Waals surface area contributed by atoms with Gasteiger partial charge in [0.05, 0.1) is 13.2 Å². The zero-order chi connectivity index (χ0) is 11.5. The molecule has 0 aromatic carbocycles. The largest absolute Gasteiger partial charge is 0.382 e. The zero-order valence-corrected chi connectivity index (χ0v) is 12.7. The van der Waals surface area contributed by atoms with E-state index in [1.165, 1.54) is 0 Å². The molecule has 0 aliphatic carbocycles. The number of nitrogens with two attached hydrogens (primary N) is 1. The maximum absolute atomic E-state index is 5.62. The number of ether oxygens (including phenoxy) is 2. The van der Waals surface area contributed by atoms with Crippen molar-refractivity contribution in [1.29, 1.82) is 0 Å². The van der Waals surface area contributed by atoms with Crippen LogP contribution in [0.3, 0.4) is 0 Å². The minimum absolute atomic E-state index is 0. The lowest BCUT2D eigenvalue weighted by Crippen LogP contribution is -2.36. The zero-order valence-electron chi connectivity index (χ0n) is 10.4. The fraction of sp³-hybridized carbons (Fsp3) is 0.900. The number of guanidine groups is 1. The van der Waals surface area contributed by atoms with E-state index in [1.54, 1.807) is 7.11 Å². The van der Waals surface area contributed by atoms with E-state index in [2.05, 4.69) is 10.3 Å². The SMILES string of the molecule is COCCOCCCN=C(N)NC(C)C.I. The molecule has 0 rings (SSSR count). The van der Waals surface area contributed by atoms with Gasteiger partial charge in [0, 0.05) is 26.3 Å². The van der Waals surface area contributed by atoms with Crippen LogP contribution < -0.4 is 11.1 Å². The second kappa shape index (κ2) is 13.0. The Kier molecular flexibility index (Phi) is 14.8. The molecular weight excluding hydrogens is 321 g/mol. The highest BCUT2D eigenvalue weighted by Crippen LogP contribution is 1.85. The summed E-state index contributed by atoms with van der Waals surface area (Å²) >= 11 is 0. The maximum atomic E-state index is 5.62. The molecule has 6 heteroatoms. The monoisotopic (exact) mass is 345 g/mol. The van der Waals surface area contributed by atoms with Gasteiger partial charge in [-0.2, -0.15) is 0 Å². The number of nitrogens with zero attached hydrogens (tertiary/aromatic N) is 1. The number of hydrogen-bond donors (Lipinski definition) is 2. The summed E-state index contributed by atoms with van der Waals surface area (Å²) in [6, 6.07) is 0.326. The van der Waals surface area contributed by atoms with Crippen molar-refractivity contribution in [2.24, 2.45) is 10.7 Å². The molecule has 0 unspecified atom stereocenters. The first kappa shape index (κ1) is 18.3. The Labute approximate surface area is 115 Å². The molecule has 0 saturated heterocycles. The summed E-state index contributed by atoms with van der Waals surface area (Å²) in [7, 11) is 1.66. The van der Waals surface area contributed by atoms with Gasteiger partial charge in [-0.15, -0.1) is 24.0 Å². The van der Waals surface area contributed by atoms with Gasteiger partial charge >= 0.3 is 0 Å². The van der Waals surface area contributed by atoms with E-state index in [9.17, 15) is 0 Å². The predicted molar refractivity (Wildman–Crippen MR) is 77.5 cm³/mol. The molecule has 0 aliphatic rings. The van der Waals surface area contributed by atoms with E-state index >= 15 is 0 Å². The summed E-state index contributed by atoms with van der Waals surface area (Å²) in [6.07, 6.45) is 0.879. The second-order valence-corrected chi connectivity index (χ2v) is 3.52. The van der Waals surface area contributed by atoms with Crippen LogP contribution in [-0.4, -0.2) is 45.5 Å². The Morgan fingerprint density at radius 2 is 2.00 bits per heavy atom. The van der Waals surface area contributed by atoms with Gasteiger partial charge < -0.3 is 20.5 Å². The Hall–Kier alpha value is -0.0800. The maximum Gasteiger partial charge on any atom is 0.188 e. The molecule has 0 atom stereocenters. The van der Waals surface area contributed by atoms with Gasteiger partial charge in [0.2, 0.25) is 0 Å². The van der Waals surface area contributed by atoms with Gasteiger partial charge in [-0.3, -0.25) is 4.99 Å². The minimum Gasteiger partial charge on any atom is -0.382 e. The summed E-state index contributed by atoms with van der Waals surface area (Å²) in [5.74, 6) is 0.502. The summed E-state index contributed by atoms with van der Waals surface area (Å²) in [5.41, 5.74) is 5.62. The van der Waals surface area contributed by atoms with Crippen LogP contribution in [0.2, 0.25) is 0 Å². The van der Waals surface area contributed by atoms with E-state index in [0.717, 1.165) is 6.42 Å². The summed E-state index contributed by atoms with van der Waals surface area (Å²) in [5, 5.41) is 3.02. The normalized spacial score (nSPS) is 11.4. The van der Waals surface area contributed by atoms with Gasteiger partial charge in [0.25, 0.3) is 0 Å². The van der Waals surface area contributed by atoms with Crippen LogP contribution in [0.25, 0.3) is 0 Å². The smallest absolute Gasteiger partial charge is 0.188 e. The van der Waals surface area contributed by atoms with Crippen molar-refractivity contribution in [2.75, 3.05) is 33.5 Å². The van der Waals surface area contributed by atoms with Crippen LogP contribution in [0, 0.1) is 0 Å². The highest BCUT2D eigenvalue weighted by molar-refractivity contribution is 14.0. The number of aliphatic imine (C=N–C) groups is 1. The van der Waals surface area contributed by atoms with Crippen molar-refractivity contribution in [1.82, 2.24) is 5.32 Å². The molecule has 5 nitrogen and oxygen atoms in total. The van der Waals surface area contributed by atoms with Crippen molar-refractivity contribution in [3.05, 3.63) is 0 Å². The Morgan fingerprint density at radius 3 is 2.56 bits per heavy atom. The molecule has 0 fully saturated rings. The van der Waals surface area contributed by atoms with Gasteiger partial charge in [-0.1, -0.05) is 0 Å². The number of halogens is 1. The highest BCUT2D eigenvalue weighted by Gasteiger charge is 1.94. The molecule has 0 aliphatic heterocycles. The molecule has 0 saturated carbocycles. The average molecular weight is 345 g/mol. The average Bonchev–Trinajstić information content (AvgIpc) is 2.15. The van der Waals surface area contributed by atoms with Crippen molar-refractivity contribution in [3.63, 3.8) is 0 Å². The van der Waals surface area contributed by atoms with Crippen LogP contribution in [0.15, 0.2) is 4.99 Å². The first-order valence-corrected chi connectivity index (χ1v) is 5.30. The van der Waals surface area contributed by atoms with Gasteiger partial charge in [-0.05, 0) is 20.3 Å². The van der Waals surface area contributed by atoms with Gasteiger partial charge in [-0.25, -0.2) is 0 Å². The minimum atomic E-state index is 0. The predicted octanol–water partition coefficient (Wildman–Crippen LogP) is 0.970. The number of hydrogen-bond acceptors (Lipinski definition) is 3. The molecule has 0 aromatic heterocycles. The Bertz CT molecular complexity index is 177. The fourth-order valence-corrected chi connectivity index (χ4v) is 0.952. The number of methoxy groups -OCH3 is 1. The van der Waals surface area contributed by atoms with Crippen LogP contribution in [0.4, 0.5) is 0 Å². The Morgan fingerprint density at radius 1 is 1.31 bits per heavy atom. The van der Waals surface area contributed by atoms with Crippen LogP contribution in [0.5, 0.6) is 0 Å². The fourth-order valence-electron chi connectivity index (χ4n) is 0.952. The highest BCUT2D eigenvalue weighted by atomic mass is 127. The van der Waals surface area contributed by atoms with E-state index < -0.39 is 0 Å². The topological polar surface area (TPSA) is 68.9 Å². The third-order valence-corrected chi connectivity index (χ3v) is 1.60. The van der Waals surface area contributed by atoms with Gasteiger partial charge in [0.1, 0.15) is 0 Å². The molecule has 0 aromatic rings. The summed E-state index contributed by atoms with van der Waals surface area (Å²) < 4.78 is 10.1. The van der Waals surface area contributed by atoms with E-state index in [4.69, 9.17) is 15.2 Å². The van der Waals surface area contributed by atoms with Crippen molar-refractivity contribution in [3.8, 4) is 0 Å². The molecular formula is C10H24IN3O2. The second-order valence-electron chi connectivity index (χ2n) is 3.52. The summed E-state index contributed by atoms with van der Waals surface area (Å²) in [6.45, 7) is 6.72. The lowest BCUT2D eigenvalue weighted by Gasteiger charge is -2.08. The van der Waals surface area contributed by atoms with E-state index in [1.807, 2.05) is 13.8 Å². The standard InChI is InChI=1S/C10H23N3O2.HI/c1-9(2)13-10(11)12-5-4-6-15-8-7-14-3;/h9H,4-8H2,1-3H3,(H3,11,12,13);1H. The molecule has 3 N–H and O–H groups in total. The van der Waals surface area contributed by atoms with Crippen LogP contribution >= 0.6 is 24.0 Å². The van der Waals surface area contributed by atoms with E-state index in [-0.39, 0.29) is 24.0 Å². The lowest BCUT2D eigenvalue weighted by atomic mass is 10.4. The molecule has 0 bridgehead atoms. The molecule has 0 amide bonds. The third kappa shape index (κ3) is 13.9. The summed E-state index contributed by atoms with van der Waals surface area (Å²) in [4.78, 5) is 4.15. The van der Waals surface area contributed by atoms with Crippen molar-refractivity contribution in [2.45, 2.75) is 26.3 Å². The van der Waals surface area contributed by atoms with Gasteiger partial charge in [0.15, 0.2) is 5.96 Å². The van der Waals surface area contributed by atoms with Crippen molar-refractivity contribution >= 4 is 29.9 Å². The lowest BCUT2D eigenvalue weighted by molar-refractivity contribution is 0.0702. The molecule has 0 radical (unpaired) electrons. The molecule has 98 valence electrons. The molecule has 0 spiro atoms. The van der Waals surface area contributed by atoms with Crippen molar-refractivity contribution < 1.29 is 9.47 Å².